The van der Waals surface area contributed by atoms with Crippen molar-refractivity contribution in [2.75, 3.05) is 12.4 Å². The fourth-order valence-corrected chi connectivity index (χ4v) is 5.96. The number of rotatable bonds is 8. The molecule has 2 fully saturated rings. The molecular weight excluding hydrogens is 326 g/mol. The van der Waals surface area contributed by atoms with Crippen LogP contribution < -0.4 is 5.32 Å². The number of hydrogen-bond donors (Lipinski definition) is 1. The van der Waals surface area contributed by atoms with E-state index in [1.807, 2.05) is 7.05 Å². The third-order valence-electron chi connectivity index (χ3n) is 7.80. The van der Waals surface area contributed by atoms with Gasteiger partial charge >= 0.3 is 0 Å². The summed E-state index contributed by atoms with van der Waals surface area (Å²) in [5, 5.41) is 3.35. The molecule has 0 saturated heterocycles. The van der Waals surface area contributed by atoms with Crippen molar-refractivity contribution in [3.05, 3.63) is 29.3 Å². The molecule has 1 N–H and O–H groups in total. The van der Waals surface area contributed by atoms with Crippen LogP contribution in [0.2, 0.25) is 0 Å². The van der Waals surface area contributed by atoms with Crippen LogP contribution in [0.25, 0.3) is 0 Å². The van der Waals surface area contributed by atoms with E-state index in [1.165, 1.54) is 88.3 Å². The van der Waals surface area contributed by atoms with Crippen molar-refractivity contribution < 1.29 is 0 Å². The Hall–Kier alpha value is -0.980. The summed E-state index contributed by atoms with van der Waals surface area (Å²) >= 11 is 0. The third kappa shape index (κ3) is 5.52. The minimum atomic E-state index is 0.808. The standard InChI is InChI=1S/C26H43N/c1-4-6-7-8-20-9-11-22(12-10-20)23-13-15-24(16-14-23)25-17-18-26(27-3)21(5-2)19-25/h17-20,22-24,27H,4-16H2,1-3H3. The molecule has 2 saturated carbocycles. The highest BCUT2D eigenvalue weighted by atomic mass is 14.8. The molecule has 1 aromatic carbocycles. The molecule has 2 aliphatic rings. The first-order chi connectivity index (χ1) is 13.2. The van der Waals surface area contributed by atoms with Gasteiger partial charge < -0.3 is 5.32 Å². The molecule has 3 rings (SSSR count). The molecule has 0 heterocycles. The Labute approximate surface area is 168 Å². The second-order valence-corrected chi connectivity index (χ2v) is 9.41. The van der Waals surface area contributed by atoms with E-state index >= 15 is 0 Å². The molecule has 1 aromatic rings. The normalized spacial score (nSPS) is 28.9. The number of aryl methyl sites for hydroxylation is 1. The second kappa shape index (κ2) is 10.5. The van der Waals surface area contributed by atoms with Gasteiger partial charge in [0, 0.05) is 12.7 Å². The highest BCUT2D eigenvalue weighted by Crippen LogP contribution is 2.44. The fourth-order valence-electron chi connectivity index (χ4n) is 5.96. The Morgan fingerprint density at radius 1 is 0.852 bits per heavy atom. The number of nitrogens with one attached hydrogen (secondary N) is 1. The van der Waals surface area contributed by atoms with E-state index in [1.54, 1.807) is 5.56 Å². The molecule has 2 aliphatic carbocycles. The van der Waals surface area contributed by atoms with E-state index < -0.39 is 0 Å². The van der Waals surface area contributed by atoms with E-state index in [2.05, 4.69) is 37.4 Å². The smallest absolute Gasteiger partial charge is 0.0370 e. The van der Waals surface area contributed by atoms with E-state index in [9.17, 15) is 0 Å². The number of anilines is 1. The van der Waals surface area contributed by atoms with Crippen LogP contribution in [0.15, 0.2) is 18.2 Å². The predicted octanol–water partition coefficient (Wildman–Crippen LogP) is 7.95. The lowest BCUT2D eigenvalue weighted by Gasteiger charge is -2.38. The highest BCUT2D eigenvalue weighted by Gasteiger charge is 2.31. The van der Waals surface area contributed by atoms with Crippen molar-refractivity contribution in [3.63, 3.8) is 0 Å². The van der Waals surface area contributed by atoms with Gasteiger partial charge in [-0.25, -0.2) is 0 Å². The van der Waals surface area contributed by atoms with Crippen LogP contribution in [0.1, 0.15) is 108 Å². The zero-order valence-electron chi connectivity index (χ0n) is 18.2. The number of unbranched alkanes of at least 4 members (excludes halogenated alkanes) is 2. The van der Waals surface area contributed by atoms with Crippen LogP contribution in [0.3, 0.4) is 0 Å². The molecule has 0 atom stereocenters. The Bertz CT molecular complexity index is 547. The van der Waals surface area contributed by atoms with Gasteiger partial charge in [-0.05, 0) is 85.8 Å². The summed E-state index contributed by atoms with van der Waals surface area (Å²) in [7, 11) is 2.04. The van der Waals surface area contributed by atoms with Crippen molar-refractivity contribution in [1.82, 2.24) is 0 Å². The van der Waals surface area contributed by atoms with Gasteiger partial charge in [0.15, 0.2) is 0 Å². The molecule has 27 heavy (non-hydrogen) atoms. The summed E-state index contributed by atoms with van der Waals surface area (Å²) < 4.78 is 0. The summed E-state index contributed by atoms with van der Waals surface area (Å²) in [5.41, 5.74) is 4.40. The average Bonchev–Trinajstić information content (AvgIpc) is 2.74. The lowest BCUT2D eigenvalue weighted by molar-refractivity contribution is 0.155. The van der Waals surface area contributed by atoms with Gasteiger partial charge in [0.25, 0.3) is 0 Å². The lowest BCUT2D eigenvalue weighted by atomic mass is 9.68. The maximum atomic E-state index is 3.35. The maximum Gasteiger partial charge on any atom is 0.0370 e. The monoisotopic (exact) mass is 369 g/mol. The van der Waals surface area contributed by atoms with Crippen LogP contribution in [0.5, 0.6) is 0 Å². The minimum absolute atomic E-state index is 0.808. The van der Waals surface area contributed by atoms with Gasteiger partial charge in [0.1, 0.15) is 0 Å². The molecule has 0 radical (unpaired) electrons. The van der Waals surface area contributed by atoms with E-state index in [-0.39, 0.29) is 0 Å². The molecule has 0 aromatic heterocycles. The quantitative estimate of drug-likeness (QED) is 0.458. The molecule has 0 unspecified atom stereocenters. The van der Waals surface area contributed by atoms with Gasteiger partial charge in [0.05, 0.1) is 0 Å². The zero-order valence-corrected chi connectivity index (χ0v) is 18.2. The van der Waals surface area contributed by atoms with Crippen molar-refractivity contribution in [1.29, 1.82) is 0 Å². The first kappa shape index (κ1) is 20.7. The zero-order chi connectivity index (χ0) is 19.1. The van der Waals surface area contributed by atoms with Crippen molar-refractivity contribution in [3.8, 4) is 0 Å². The summed E-state index contributed by atoms with van der Waals surface area (Å²) in [4.78, 5) is 0. The number of hydrogen-bond acceptors (Lipinski definition) is 1. The Balaban J connectivity index is 1.45. The molecule has 1 heteroatoms. The predicted molar refractivity (Wildman–Crippen MR) is 120 cm³/mol. The van der Waals surface area contributed by atoms with Gasteiger partial charge in [-0.2, -0.15) is 0 Å². The van der Waals surface area contributed by atoms with E-state index in [4.69, 9.17) is 0 Å². The van der Waals surface area contributed by atoms with Gasteiger partial charge in [-0.3, -0.25) is 0 Å². The Kier molecular flexibility index (Phi) is 8.09. The van der Waals surface area contributed by atoms with Crippen LogP contribution in [-0.4, -0.2) is 7.05 Å². The average molecular weight is 370 g/mol. The molecule has 0 aliphatic heterocycles. The van der Waals surface area contributed by atoms with E-state index in [0.29, 0.717) is 0 Å². The summed E-state index contributed by atoms with van der Waals surface area (Å²) in [6, 6.07) is 7.18. The topological polar surface area (TPSA) is 12.0 Å². The first-order valence-electron chi connectivity index (χ1n) is 12.1. The van der Waals surface area contributed by atoms with E-state index in [0.717, 1.165) is 30.1 Å². The number of benzene rings is 1. The Morgan fingerprint density at radius 2 is 1.52 bits per heavy atom. The van der Waals surface area contributed by atoms with Gasteiger partial charge in [-0.15, -0.1) is 0 Å². The van der Waals surface area contributed by atoms with Crippen molar-refractivity contribution in [2.24, 2.45) is 17.8 Å². The first-order valence-corrected chi connectivity index (χ1v) is 12.1. The van der Waals surface area contributed by atoms with Crippen LogP contribution in [0, 0.1) is 17.8 Å². The summed E-state index contributed by atoms with van der Waals surface area (Å²) in [6.45, 7) is 4.60. The third-order valence-corrected chi connectivity index (χ3v) is 7.80. The molecule has 0 amide bonds. The molecule has 152 valence electrons. The fraction of sp³-hybridized carbons (Fsp3) is 0.769. The SMILES string of the molecule is CCCCCC1CCC(C2CCC(c3ccc(NC)c(CC)c3)CC2)CC1. The molecule has 0 bridgehead atoms. The van der Waals surface area contributed by atoms with Crippen LogP contribution >= 0.6 is 0 Å². The Morgan fingerprint density at radius 3 is 2.11 bits per heavy atom. The van der Waals surface area contributed by atoms with Crippen LogP contribution in [-0.2, 0) is 6.42 Å². The van der Waals surface area contributed by atoms with Crippen molar-refractivity contribution in [2.45, 2.75) is 103 Å². The molecular formula is C26H43N. The maximum absolute atomic E-state index is 3.35. The molecule has 0 spiro atoms. The second-order valence-electron chi connectivity index (χ2n) is 9.41. The van der Waals surface area contributed by atoms with Gasteiger partial charge in [0.2, 0.25) is 0 Å². The van der Waals surface area contributed by atoms with Crippen molar-refractivity contribution >= 4 is 5.69 Å². The summed E-state index contributed by atoms with van der Waals surface area (Å²) in [6.07, 6.45) is 18.8. The highest BCUT2D eigenvalue weighted by molar-refractivity contribution is 5.52. The summed E-state index contributed by atoms with van der Waals surface area (Å²) in [5.74, 6) is 3.94. The van der Waals surface area contributed by atoms with Gasteiger partial charge in [-0.1, -0.05) is 64.5 Å². The largest absolute Gasteiger partial charge is 0.388 e. The minimum Gasteiger partial charge on any atom is -0.388 e. The molecule has 1 nitrogen and oxygen atoms in total. The van der Waals surface area contributed by atoms with Crippen LogP contribution in [0.4, 0.5) is 5.69 Å². The lowest BCUT2D eigenvalue weighted by Crippen LogP contribution is -2.25.